The molecule has 0 bridgehead atoms. The number of aromatic hydroxyl groups is 1. The van der Waals surface area contributed by atoms with Crippen LogP contribution in [0, 0.1) is 0 Å². The second-order valence-electron chi connectivity index (χ2n) is 5.17. The SMILES string of the molecule is CCOC(=O)C1=C(C)N(C)C(=S)N(C)C1c1cccc(O)c1. The van der Waals surface area contributed by atoms with Gasteiger partial charge in [0.25, 0.3) is 0 Å². The summed E-state index contributed by atoms with van der Waals surface area (Å²) in [4.78, 5) is 16.1. The molecule has 22 heavy (non-hydrogen) atoms. The van der Waals surface area contributed by atoms with Crippen molar-refractivity contribution in [3.05, 3.63) is 41.1 Å². The van der Waals surface area contributed by atoms with E-state index in [2.05, 4.69) is 0 Å². The lowest BCUT2D eigenvalue weighted by molar-refractivity contribution is -0.139. The number of likely N-dealkylation sites (N-methyl/N-ethyl adjacent to an activating group) is 1. The number of benzene rings is 1. The third-order valence-corrected chi connectivity index (χ3v) is 4.39. The van der Waals surface area contributed by atoms with Crippen LogP contribution in [-0.4, -0.2) is 46.7 Å². The minimum atomic E-state index is -0.380. The van der Waals surface area contributed by atoms with E-state index < -0.39 is 0 Å². The van der Waals surface area contributed by atoms with Crippen molar-refractivity contribution in [3.63, 3.8) is 0 Å². The van der Waals surface area contributed by atoms with Crippen LogP contribution in [0.3, 0.4) is 0 Å². The van der Waals surface area contributed by atoms with E-state index in [0.717, 1.165) is 11.3 Å². The van der Waals surface area contributed by atoms with Crippen LogP contribution in [0.5, 0.6) is 5.75 Å². The van der Waals surface area contributed by atoms with Gasteiger partial charge in [0, 0.05) is 19.8 Å². The Hall–Kier alpha value is -2.08. The fourth-order valence-corrected chi connectivity index (χ4v) is 2.86. The number of nitrogens with zero attached hydrogens (tertiary/aromatic N) is 2. The Bertz CT molecular complexity index is 642. The number of rotatable bonds is 3. The van der Waals surface area contributed by atoms with Crippen LogP contribution in [0.2, 0.25) is 0 Å². The summed E-state index contributed by atoms with van der Waals surface area (Å²) in [5, 5.41) is 10.4. The Kier molecular flexibility index (Phi) is 4.71. The number of allylic oxidation sites excluding steroid dienone is 1. The smallest absolute Gasteiger partial charge is 0.338 e. The monoisotopic (exact) mass is 320 g/mol. The molecule has 5 nitrogen and oxygen atoms in total. The number of hydrogen-bond acceptors (Lipinski definition) is 4. The van der Waals surface area contributed by atoms with Gasteiger partial charge < -0.3 is 19.6 Å². The predicted molar refractivity (Wildman–Crippen MR) is 88.3 cm³/mol. The third-order valence-electron chi connectivity index (χ3n) is 3.82. The molecule has 0 fully saturated rings. The lowest BCUT2D eigenvalue weighted by Crippen LogP contribution is -2.47. The highest BCUT2D eigenvalue weighted by atomic mass is 32.1. The highest BCUT2D eigenvalue weighted by molar-refractivity contribution is 7.80. The van der Waals surface area contributed by atoms with Crippen molar-refractivity contribution in [3.8, 4) is 5.75 Å². The number of phenols is 1. The maximum absolute atomic E-state index is 12.4. The lowest BCUT2D eigenvalue weighted by atomic mass is 9.93. The average molecular weight is 320 g/mol. The van der Waals surface area contributed by atoms with E-state index in [1.165, 1.54) is 0 Å². The lowest BCUT2D eigenvalue weighted by Gasteiger charge is -2.41. The van der Waals surface area contributed by atoms with Gasteiger partial charge in [0.05, 0.1) is 18.2 Å². The van der Waals surface area contributed by atoms with Crippen LogP contribution in [0.1, 0.15) is 25.5 Å². The minimum Gasteiger partial charge on any atom is -0.508 e. The Morgan fingerprint density at radius 3 is 2.68 bits per heavy atom. The fourth-order valence-electron chi connectivity index (χ4n) is 2.62. The topological polar surface area (TPSA) is 53.0 Å². The second kappa shape index (κ2) is 6.36. The van der Waals surface area contributed by atoms with Crippen molar-refractivity contribution in [1.29, 1.82) is 0 Å². The van der Waals surface area contributed by atoms with E-state index in [1.54, 1.807) is 30.0 Å². The summed E-state index contributed by atoms with van der Waals surface area (Å²) in [6.07, 6.45) is 0. The van der Waals surface area contributed by atoms with Crippen LogP contribution in [0.25, 0.3) is 0 Å². The van der Waals surface area contributed by atoms with E-state index in [9.17, 15) is 9.90 Å². The Morgan fingerprint density at radius 2 is 2.09 bits per heavy atom. The van der Waals surface area contributed by atoms with E-state index in [4.69, 9.17) is 17.0 Å². The molecule has 118 valence electrons. The standard InChI is InChI=1S/C16H20N2O3S/c1-5-21-15(20)13-10(2)17(3)16(22)18(4)14(13)11-7-6-8-12(19)9-11/h6-9,14,19H,5H2,1-4H3. The molecule has 1 aromatic rings. The molecule has 0 spiro atoms. The van der Waals surface area contributed by atoms with Gasteiger partial charge in [-0.15, -0.1) is 0 Å². The number of thiocarbonyl (C=S) groups is 1. The summed E-state index contributed by atoms with van der Waals surface area (Å²) < 4.78 is 5.21. The summed E-state index contributed by atoms with van der Waals surface area (Å²) in [5.74, 6) is -0.217. The van der Waals surface area contributed by atoms with E-state index in [0.29, 0.717) is 17.3 Å². The molecule has 0 radical (unpaired) electrons. The van der Waals surface area contributed by atoms with Gasteiger partial charge in [-0.3, -0.25) is 0 Å². The van der Waals surface area contributed by atoms with Crippen molar-refractivity contribution < 1.29 is 14.6 Å². The maximum atomic E-state index is 12.4. The molecule has 1 aliphatic heterocycles. The molecule has 0 aliphatic carbocycles. The molecule has 0 saturated carbocycles. The quantitative estimate of drug-likeness (QED) is 0.682. The van der Waals surface area contributed by atoms with Crippen molar-refractivity contribution >= 4 is 23.3 Å². The summed E-state index contributed by atoms with van der Waals surface area (Å²) in [5.41, 5.74) is 2.08. The molecule has 0 amide bonds. The molecule has 1 aliphatic rings. The molecule has 1 aromatic carbocycles. The summed E-state index contributed by atoms with van der Waals surface area (Å²) in [6, 6.07) is 6.47. The van der Waals surface area contributed by atoms with Crippen molar-refractivity contribution in [2.45, 2.75) is 19.9 Å². The molecule has 0 saturated heterocycles. The molecule has 1 unspecified atom stereocenters. The second-order valence-corrected chi connectivity index (χ2v) is 5.53. The zero-order valence-corrected chi connectivity index (χ0v) is 14.0. The molecular formula is C16H20N2O3S. The number of esters is 1. The summed E-state index contributed by atoms with van der Waals surface area (Å²) in [7, 11) is 3.66. The first kappa shape index (κ1) is 16.3. The normalized spacial score (nSPS) is 18.7. The predicted octanol–water partition coefficient (Wildman–Crippen LogP) is 2.43. The molecule has 0 aromatic heterocycles. The molecule has 6 heteroatoms. The van der Waals surface area contributed by atoms with Gasteiger partial charge in [-0.1, -0.05) is 12.1 Å². The fraction of sp³-hybridized carbons (Fsp3) is 0.375. The van der Waals surface area contributed by atoms with Crippen LogP contribution < -0.4 is 0 Å². The Labute approximate surface area is 135 Å². The van der Waals surface area contributed by atoms with E-state index >= 15 is 0 Å². The van der Waals surface area contributed by atoms with Crippen molar-refractivity contribution in [2.24, 2.45) is 0 Å². The van der Waals surface area contributed by atoms with Gasteiger partial charge in [0.1, 0.15) is 5.75 Å². The Morgan fingerprint density at radius 1 is 1.41 bits per heavy atom. The van der Waals surface area contributed by atoms with E-state index in [1.807, 2.05) is 32.0 Å². The largest absolute Gasteiger partial charge is 0.508 e. The zero-order chi connectivity index (χ0) is 16.4. The highest BCUT2D eigenvalue weighted by Gasteiger charge is 2.37. The summed E-state index contributed by atoms with van der Waals surface area (Å²) >= 11 is 5.45. The van der Waals surface area contributed by atoms with Crippen LogP contribution in [-0.2, 0) is 9.53 Å². The molecule has 1 atom stereocenters. The van der Waals surface area contributed by atoms with E-state index in [-0.39, 0.29) is 17.8 Å². The molecule has 1 N–H and O–H groups in total. The zero-order valence-electron chi connectivity index (χ0n) is 13.2. The molecule has 2 rings (SSSR count). The third kappa shape index (κ3) is 2.78. The number of carbonyl (C=O) groups excluding carboxylic acids is 1. The first-order valence-corrected chi connectivity index (χ1v) is 7.46. The van der Waals surface area contributed by atoms with Crippen LogP contribution in [0.15, 0.2) is 35.5 Å². The molecular weight excluding hydrogens is 300 g/mol. The van der Waals surface area contributed by atoms with Crippen LogP contribution >= 0.6 is 12.2 Å². The Balaban J connectivity index is 2.60. The van der Waals surface area contributed by atoms with Crippen molar-refractivity contribution in [2.75, 3.05) is 20.7 Å². The number of carbonyl (C=O) groups is 1. The molecule has 1 heterocycles. The van der Waals surface area contributed by atoms with Gasteiger partial charge in [-0.25, -0.2) is 4.79 Å². The minimum absolute atomic E-state index is 0.150. The van der Waals surface area contributed by atoms with Crippen molar-refractivity contribution in [1.82, 2.24) is 9.80 Å². The van der Waals surface area contributed by atoms with Gasteiger partial charge in [0.15, 0.2) is 5.11 Å². The summed E-state index contributed by atoms with van der Waals surface area (Å²) in [6.45, 7) is 3.93. The van der Waals surface area contributed by atoms with Gasteiger partial charge in [0.2, 0.25) is 0 Å². The first-order valence-electron chi connectivity index (χ1n) is 7.05. The highest BCUT2D eigenvalue weighted by Crippen LogP contribution is 2.37. The number of hydrogen-bond donors (Lipinski definition) is 1. The van der Waals surface area contributed by atoms with Gasteiger partial charge in [-0.2, -0.15) is 0 Å². The van der Waals surface area contributed by atoms with Gasteiger partial charge >= 0.3 is 5.97 Å². The number of phenolic OH excluding ortho intramolecular Hbond substituents is 1. The maximum Gasteiger partial charge on any atom is 0.338 e. The average Bonchev–Trinajstić information content (AvgIpc) is 2.48. The van der Waals surface area contributed by atoms with Crippen LogP contribution in [0.4, 0.5) is 0 Å². The van der Waals surface area contributed by atoms with Gasteiger partial charge in [-0.05, 0) is 43.8 Å². The first-order chi connectivity index (χ1) is 10.4. The number of ether oxygens (including phenoxy) is 1.